The summed E-state index contributed by atoms with van der Waals surface area (Å²) in [6.45, 7) is 0. The van der Waals surface area contributed by atoms with Crippen molar-refractivity contribution in [2.45, 2.75) is 0 Å². The van der Waals surface area contributed by atoms with E-state index in [4.69, 9.17) is 23.8 Å². The molecule has 0 spiro atoms. The molecule has 0 bridgehead atoms. The molecule has 13 heavy (non-hydrogen) atoms. The molecule has 2 rings (SSSR count). The molecule has 0 saturated carbocycles. The van der Waals surface area contributed by atoms with Gasteiger partial charge < -0.3 is 0 Å². The molecule has 0 radical (unpaired) electrons. The molecule has 0 amide bonds. The van der Waals surface area contributed by atoms with Crippen LogP contribution in [0, 0.1) is 3.82 Å². The first-order valence-corrected chi connectivity index (χ1v) is 6.27. The van der Waals surface area contributed by atoms with E-state index < -0.39 is 0 Å². The fraction of sp³-hybridized carbons (Fsp3) is 0. The molecule has 2 nitrogen and oxygen atoms in total. The second kappa shape index (κ2) is 3.79. The van der Waals surface area contributed by atoms with Gasteiger partial charge in [0.15, 0.2) is 0 Å². The largest absolute Gasteiger partial charge is 0.261 e. The number of halogens is 1. The summed E-state index contributed by atoms with van der Waals surface area (Å²) >= 11 is 11.0. The van der Waals surface area contributed by atoms with E-state index >= 15 is 0 Å². The van der Waals surface area contributed by atoms with E-state index in [1.807, 2.05) is 0 Å². The first-order chi connectivity index (χ1) is 6.29. The maximum absolute atomic E-state index is 5.99. The molecule has 0 unspecified atom stereocenters. The van der Waals surface area contributed by atoms with Crippen LogP contribution in [-0.4, -0.2) is 9.97 Å². The van der Waals surface area contributed by atoms with E-state index in [0.29, 0.717) is 8.85 Å². The van der Waals surface area contributed by atoms with Gasteiger partial charge >= 0.3 is 0 Å². The number of hydrogen-bond donors (Lipinski definition) is 0. The molecule has 0 atom stereocenters. The first-order valence-electron chi connectivity index (χ1n) is 3.34. The minimum Gasteiger partial charge on any atom is -0.261 e. The highest BCUT2D eigenvalue weighted by atomic mass is 35.5. The van der Waals surface area contributed by atoms with Crippen molar-refractivity contribution in [3.05, 3.63) is 27.4 Å². The second-order valence-electron chi connectivity index (χ2n) is 2.19. The summed E-state index contributed by atoms with van der Waals surface area (Å²) in [4.78, 5) is 9.02. The third kappa shape index (κ3) is 1.78. The molecule has 0 fully saturated rings. The molecular formula is C7H3ClN2S3. The van der Waals surface area contributed by atoms with Gasteiger partial charge in [-0.05, 0) is 0 Å². The lowest BCUT2D eigenvalue weighted by molar-refractivity contribution is 1.21. The van der Waals surface area contributed by atoms with Crippen LogP contribution >= 0.6 is 44.5 Å². The predicted octanol–water partition coefficient (Wildman–Crippen LogP) is 3.65. The average molecular weight is 247 g/mol. The van der Waals surface area contributed by atoms with Crippen LogP contribution in [0.25, 0.3) is 10.6 Å². The number of nitrogens with zero attached hydrogens (tertiary/aromatic N) is 2. The zero-order valence-corrected chi connectivity index (χ0v) is 9.43. The Kier molecular flexibility index (Phi) is 2.69. The summed E-state index contributed by atoms with van der Waals surface area (Å²) in [5, 5.41) is 0.616. The Labute approximate surface area is 92.3 Å². The molecule has 2 heterocycles. The second-order valence-corrected chi connectivity index (χ2v) is 5.38. The molecular weight excluding hydrogens is 244 g/mol. The SMILES string of the molecule is S=c1ssc(-c2cnccn2)c1Cl. The highest BCUT2D eigenvalue weighted by Crippen LogP contribution is 2.36. The van der Waals surface area contributed by atoms with E-state index in [0.717, 1.165) is 10.6 Å². The first kappa shape index (κ1) is 9.21. The van der Waals surface area contributed by atoms with Gasteiger partial charge in [0.2, 0.25) is 0 Å². The van der Waals surface area contributed by atoms with Crippen LogP contribution in [0.4, 0.5) is 0 Å². The number of hydrogen-bond acceptors (Lipinski definition) is 5. The molecule has 0 aliphatic rings. The van der Waals surface area contributed by atoms with Crippen molar-refractivity contribution in [1.82, 2.24) is 9.97 Å². The lowest BCUT2D eigenvalue weighted by atomic mass is 10.4. The molecule has 2 aromatic heterocycles. The maximum atomic E-state index is 5.99. The third-order valence-electron chi connectivity index (χ3n) is 1.38. The van der Waals surface area contributed by atoms with Gasteiger partial charge in [-0.1, -0.05) is 44.5 Å². The molecule has 0 N–H and O–H groups in total. The minimum atomic E-state index is 0.616. The monoisotopic (exact) mass is 246 g/mol. The Balaban J connectivity index is 2.60. The van der Waals surface area contributed by atoms with Gasteiger partial charge in [-0.3, -0.25) is 9.97 Å². The van der Waals surface area contributed by atoms with E-state index in [2.05, 4.69) is 9.97 Å². The zero-order valence-electron chi connectivity index (χ0n) is 6.23. The lowest BCUT2D eigenvalue weighted by Gasteiger charge is -1.93. The summed E-state index contributed by atoms with van der Waals surface area (Å²) in [6, 6.07) is 0. The number of aromatic nitrogens is 2. The molecule has 66 valence electrons. The van der Waals surface area contributed by atoms with Gasteiger partial charge in [0.05, 0.1) is 16.1 Å². The highest BCUT2D eigenvalue weighted by molar-refractivity contribution is 7.80. The highest BCUT2D eigenvalue weighted by Gasteiger charge is 2.08. The van der Waals surface area contributed by atoms with E-state index in [-0.39, 0.29) is 0 Å². The van der Waals surface area contributed by atoms with Crippen LogP contribution in [0.5, 0.6) is 0 Å². The molecule has 0 aliphatic heterocycles. The van der Waals surface area contributed by atoms with Gasteiger partial charge in [0.25, 0.3) is 0 Å². The van der Waals surface area contributed by atoms with Crippen LogP contribution in [0.2, 0.25) is 5.02 Å². The van der Waals surface area contributed by atoms with Crippen LogP contribution in [0.1, 0.15) is 0 Å². The van der Waals surface area contributed by atoms with Gasteiger partial charge in [-0.2, -0.15) is 0 Å². The summed E-state index contributed by atoms with van der Waals surface area (Å²) in [7, 11) is 3.01. The molecule has 6 heteroatoms. The topological polar surface area (TPSA) is 25.8 Å². The van der Waals surface area contributed by atoms with Crippen molar-refractivity contribution in [3.63, 3.8) is 0 Å². The van der Waals surface area contributed by atoms with Crippen molar-refractivity contribution in [3.8, 4) is 10.6 Å². The van der Waals surface area contributed by atoms with Crippen molar-refractivity contribution < 1.29 is 0 Å². The van der Waals surface area contributed by atoms with E-state index in [1.165, 1.54) is 20.7 Å². The number of rotatable bonds is 1. The van der Waals surface area contributed by atoms with Crippen molar-refractivity contribution in [2.24, 2.45) is 0 Å². The quantitative estimate of drug-likeness (QED) is 0.568. The van der Waals surface area contributed by atoms with Gasteiger partial charge in [-0.25, -0.2) is 0 Å². The Morgan fingerprint density at radius 1 is 1.31 bits per heavy atom. The smallest absolute Gasteiger partial charge is 0.121 e. The van der Waals surface area contributed by atoms with Crippen molar-refractivity contribution in [1.29, 1.82) is 0 Å². The Morgan fingerprint density at radius 2 is 2.15 bits per heavy atom. The Hall–Kier alpha value is -0.360. The lowest BCUT2D eigenvalue weighted by Crippen LogP contribution is -1.80. The molecule has 0 saturated heterocycles. The molecule has 2 aromatic rings. The average Bonchev–Trinajstić information content (AvgIpc) is 2.49. The van der Waals surface area contributed by atoms with Crippen LogP contribution in [-0.2, 0) is 0 Å². The standard InChI is InChI=1S/C7H3ClN2S3/c8-5-6(12-13-7(5)11)4-3-9-1-2-10-4/h1-3H. The summed E-state index contributed by atoms with van der Waals surface area (Å²) in [5.41, 5.74) is 0.782. The Morgan fingerprint density at radius 3 is 2.69 bits per heavy atom. The van der Waals surface area contributed by atoms with Crippen molar-refractivity contribution >= 4 is 44.5 Å². The third-order valence-corrected chi connectivity index (χ3v) is 5.13. The summed E-state index contributed by atoms with van der Waals surface area (Å²) in [6.07, 6.45) is 4.95. The zero-order chi connectivity index (χ0) is 9.26. The predicted molar refractivity (Wildman–Crippen MR) is 59.1 cm³/mol. The normalized spacial score (nSPS) is 10.2. The fourth-order valence-corrected chi connectivity index (χ4v) is 3.89. The van der Waals surface area contributed by atoms with Crippen LogP contribution in [0.3, 0.4) is 0 Å². The fourth-order valence-electron chi connectivity index (χ4n) is 0.817. The molecule has 0 aromatic carbocycles. The van der Waals surface area contributed by atoms with Gasteiger partial charge in [0.1, 0.15) is 9.52 Å². The maximum Gasteiger partial charge on any atom is 0.121 e. The van der Waals surface area contributed by atoms with Gasteiger partial charge in [0, 0.05) is 12.4 Å². The summed E-state index contributed by atoms with van der Waals surface area (Å²) in [5.74, 6) is 0. The van der Waals surface area contributed by atoms with Crippen LogP contribution in [0.15, 0.2) is 18.6 Å². The molecule has 0 aliphatic carbocycles. The van der Waals surface area contributed by atoms with Crippen molar-refractivity contribution in [2.75, 3.05) is 0 Å². The van der Waals surface area contributed by atoms with E-state index in [1.54, 1.807) is 18.6 Å². The van der Waals surface area contributed by atoms with Crippen LogP contribution < -0.4 is 0 Å². The minimum absolute atomic E-state index is 0.616. The summed E-state index contributed by atoms with van der Waals surface area (Å²) < 4.78 is 0.715. The van der Waals surface area contributed by atoms with Gasteiger partial charge in [-0.15, -0.1) is 0 Å². The Bertz CT molecular complexity index is 462. The van der Waals surface area contributed by atoms with E-state index in [9.17, 15) is 0 Å².